The molecule has 108 valence electrons. The van der Waals surface area contributed by atoms with Gasteiger partial charge in [0.1, 0.15) is 0 Å². The lowest BCUT2D eigenvalue weighted by Crippen LogP contribution is -2.27. The smallest absolute Gasteiger partial charge is 0.331 e. The minimum atomic E-state index is -0.818. The van der Waals surface area contributed by atoms with E-state index in [0.717, 1.165) is 35.2 Å². The third-order valence-corrected chi connectivity index (χ3v) is 4.06. The first-order valence-electron chi connectivity index (χ1n) is 6.95. The Bertz CT molecular complexity index is 537. The molecule has 0 aliphatic carbocycles. The average Bonchev–Trinajstić information content (AvgIpc) is 2.55. The first kappa shape index (κ1) is 15.1. The SMILES string of the molecule is CC(C)CCN1CCC(C(=O)O)=Cc2cc(Br)ccc21. The van der Waals surface area contributed by atoms with Crippen LogP contribution in [0.1, 0.15) is 32.3 Å². The van der Waals surface area contributed by atoms with Gasteiger partial charge in [-0.15, -0.1) is 0 Å². The van der Waals surface area contributed by atoms with Crippen LogP contribution >= 0.6 is 15.9 Å². The van der Waals surface area contributed by atoms with Crippen LogP contribution in [0.15, 0.2) is 28.2 Å². The van der Waals surface area contributed by atoms with E-state index < -0.39 is 5.97 Å². The lowest BCUT2D eigenvalue weighted by molar-refractivity contribution is -0.132. The molecule has 0 fully saturated rings. The summed E-state index contributed by atoms with van der Waals surface area (Å²) in [6.45, 7) is 6.15. The maximum atomic E-state index is 11.3. The molecule has 0 unspecified atom stereocenters. The van der Waals surface area contributed by atoms with Crippen LogP contribution in [0.2, 0.25) is 0 Å². The Hall–Kier alpha value is -1.29. The summed E-state index contributed by atoms with van der Waals surface area (Å²) in [7, 11) is 0. The highest BCUT2D eigenvalue weighted by molar-refractivity contribution is 9.10. The fourth-order valence-electron chi connectivity index (χ4n) is 2.38. The molecule has 0 bridgehead atoms. The van der Waals surface area contributed by atoms with Crippen molar-refractivity contribution >= 4 is 33.7 Å². The van der Waals surface area contributed by atoms with Gasteiger partial charge < -0.3 is 10.0 Å². The highest BCUT2D eigenvalue weighted by atomic mass is 79.9. The zero-order valence-electron chi connectivity index (χ0n) is 11.9. The Kier molecular flexibility index (Phi) is 4.86. The molecule has 0 atom stereocenters. The number of halogens is 1. The van der Waals surface area contributed by atoms with Crippen LogP contribution in [-0.4, -0.2) is 24.2 Å². The molecule has 0 spiro atoms. The maximum absolute atomic E-state index is 11.3. The van der Waals surface area contributed by atoms with Crippen molar-refractivity contribution in [2.24, 2.45) is 5.92 Å². The van der Waals surface area contributed by atoms with Crippen molar-refractivity contribution in [2.45, 2.75) is 26.7 Å². The van der Waals surface area contributed by atoms with E-state index in [2.05, 4.69) is 40.7 Å². The van der Waals surface area contributed by atoms with Gasteiger partial charge in [-0.25, -0.2) is 4.79 Å². The van der Waals surface area contributed by atoms with Crippen molar-refractivity contribution in [2.75, 3.05) is 18.0 Å². The fraction of sp³-hybridized carbons (Fsp3) is 0.438. The lowest BCUT2D eigenvalue weighted by Gasteiger charge is -2.26. The summed E-state index contributed by atoms with van der Waals surface area (Å²) in [5, 5.41) is 9.26. The van der Waals surface area contributed by atoms with E-state index in [-0.39, 0.29) is 0 Å². The Morgan fingerprint density at radius 3 is 2.85 bits per heavy atom. The minimum Gasteiger partial charge on any atom is -0.478 e. The molecule has 1 aliphatic heterocycles. The van der Waals surface area contributed by atoms with E-state index in [0.29, 0.717) is 17.9 Å². The number of carbonyl (C=O) groups is 1. The number of anilines is 1. The summed E-state index contributed by atoms with van der Waals surface area (Å²) >= 11 is 3.46. The normalized spacial score (nSPS) is 14.8. The van der Waals surface area contributed by atoms with Gasteiger partial charge in [-0.2, -0.15) is 0 Å². The monoisotopic (exact) mass is 337 g/mol. The Balaban J connectivity index is 2.33. The molecule has 2 rings (SSSR count). The van der Waals surface area contributed by atoms with Crippen molar-refractivity contribution in [3.63, 3.8) is 0 Å². The van der Waals surface area contributed by atoms with Gasteiger partial charge in [0.05, 0.1) is 0 Å². The first-order valence-corrected chi connectivity index (χ1v) is 7.75. The van der Waals surface area contributed by atoms with Crippen LogP contribution in [0.3, 0.4) is 0 Å². The average molecular weight is 338 g/mol. The van der Waals surface area contributed by atoms with Crippen molar-refractivity contribution in [1.82, 2.24) is 0 Å². The largest absolute Gasteiger partial charge is 0.478 e. The number of benzene rings is 1. The van der Waals surface area contributed by atoms with Gasteiger partial charge in [-0.05, 0) is 48.6 Å². The summed E-state index contributed by atoms with van der Waals surface area (Å²) in [4.78, 5) is 13.6. The number of carboxylic acid groups (broad SMARTS) is 1. The van der Waals surface area contributed by atoms with Crippen LogP contribution in [0.5, 0.6) is 0 Å². The number of nitrogens with zero attached hydrogens (tertiary/aromatic N) is 1. The molecule has 1 heterocycles. The van der Waals surface area contributed by atoms with Gasteiger partial charge >= 0.3 is 5.97 Å². The van der Waals surface area contributed by atoms with E-state index in [4.69, 9.17) is 0 Å². The van der Waals surface area contributed by atoms with E-state index in [1.54, 1.807) is 6.08 Å². The van der Waals surface area contributed by atoms with E-state index >= 15 is 0 Å². The summed E-state index contributed by atoms with van der Waals surface area (Å²) in [5.41, 5.74) is 2.60. The molecule has 4 heteroatoms. The topological polar surface area (TPSA) is 40.5 Å². The molecule has 20 heavy (non-hydrogen) atoms. The summed E-state index contributed by atoms with van der Waals surface area (Å²) in [6.07, 6.45) is 3.50. The minimum absolute atomic E-state index is 0.483. The molecule has 1 aromatic carbocycles. The molecule has 0 amide bonds. The molecular formula is C16H20BrNO2. The molecule has 1 aliphatic rings. The molecule has 0 saturated heterocycles. The van der Waals surface area contributed by atoms with Crippen LogP contribution in [0.4, 0.5) is 5.69 Å². The molecule has 3 nitrogen and oxygen atoms in total. The number of rotatable bonds is 4. The lowest BCUT2D eigenvalue weighted by atomic mass is 10.1. The summed E-state index contributed by atoms with van der Waals surface area (Å²) in [5.74, 6) is -0.175. The predicted octanol–water partition coefficient (Wildman–Crippen LogP) is 4.17. The fourth-order valence-corrected chi connectivity index (χ4v) is 2.76. The zero-order chi connectivity index (χ0) is 14.7. The number of aliphatic carboxylic acids is 1. The third-order valence-electron chi connectivity index (χ3n) is 3.56. The number of hydrogen-bond donors (Lipinski definition) is 1. The molecule has 0 aromatic heterocycles. The van der Waals surface area contributed by atoms with Gasteiger partial charge in [-0.3, -0.25) is 0 Å². The Morgan fingerprint density at radius 2 is 2.20 bits per heavy atom. The predicted molar refractivity (Wildman–Crippen MR) is 86.0 cm³/mol. The van der Waals surface area contributed by atoms with Crippen LogP contribution in [0.25, 0.3) is 6.08 Å². The molecule has 0 saturated carbocycles. The molecule has 1 aromatic rings. The number of fused-ring (bicyclic) bond motifs is 1. The van der Waals surface area contributed by atoms with Gasteiger partial charge in [0, 0.05) is 28.8 Å². The van der Waals surface area contributed by atoms with Gasteiger partial charge in [-0.1, -0.05) is 29.8 Å². The van der Waals surface area contributed by atoms with Crippen molar-refractivity contribution in [3.8, 4) is 0 Å². The van der Waals surface area contributed by atoms with Crippen molar-refractivity contribution in [1.29, 1.82) is 0 Å². The standard InChI is InChI=1S/C16H20BrNO2/c1-11(2)5-7-18-8-6-12(16(19)20)9-13-10-14(17)3-4-15(13)18/h3-4,9-11H,5-8H2,1-2H3,(H,19,20). The first-order chi connectivity index (χ1) is 9.47. The van der Waals surface area contributed by atoms with E-state index in [1.807, 2.05) is 12.1 Å². The molecule has 1 N–H and O–H groups in total. The molecular weight excluding hydrogens is 318 g/mol. The summed E-state index contributed by atoms with van der Waals surface area (Å²) < 4.78 is 0.975. The molecule has 0 radical (unpaired) electrons. The number of carboxylic acids is 1. The third kappa shape index (κ3) is 3.63. The second-order valence-corrected chi connectivity index (χ2v) is 6.51. The van der Waals surface area contributed by atoms with Crippen LogP contribution in [-0.2, 0) is 4.79 Å². The summed E-state index contributed by atoms with van der Waals surface area (Å²) in [6, 6.07) is 6.08. The zero-order valence-corrected chi connectivity index (χ0v) is 13.5. The van der Waals surface area contributed by atoms with Crippen molar-refractivity contribution in [3.05, 3.63) is 33.8 Å². The van der Waals surface area contributed by atoms with Gasteiger partial charge in [0.25, 0.3) is 0 Å². The quantitative estimate of drug-likeness (QED) is 0.896. The maximum Gasteiger partial charge on any atom is 0.331 e. The van der Waals surface area contributed by atoms with Crippen LogP contribution < -0.4 is 4.90 Å². The highest BCUT2D eigenvalue weighted by Crippen LogP contribution is 2.31. The second kappa shape index (κ2) is 6.44. The van der Waals surface area contributed by atoms with E-state index in [9.17, 15) is 9.90 Å². The van der Waals surface area contributed by atoms with Gasteiger partial charge in [0.15, 0.2) is 0 Å². The Morgan fingerprint density at radius 1 is 1.45 bits per heavy atom. The second-order valence-electron chi connectivity index (χ2n) is 5.60. The van der Waals surface area contributed by atoms with E-state index in [1.165, 1.54) is 0 Å². The number of hydrogen-bond acceptors (Lipinski definition) is 2. The highest BCUT2D eigenvalue weighted by Gasteiger charge is 2.19. The Labute approximate surface area is 128 Å². The van der Waals surface area contributed by atoms with Crippen LogP contribution in [0, 0.1) is 5.92 Å². The van der Waals surface area contributed by atoms with Gasteiger partial charge in [0.2, 0.25) is 0 Å². The van der Waals surface area contributed by atoms with Crippen molar-refractivity contribution < 1.29 is 9.90 Å².